The molecule has 0 saturated heterocycles. The summed E-state index contributed by atoms with van der Waals surface area (Å²) in [6.07, 6.45) is 4.68. The van der Waals surface area contributed by atoms with Gasteiger partial charge >= 0.3 is 0 Å². The van der Waals surface area contributed by atoms with Crippen LogP contribution in [0, 0.1) is 18.7 Å². The van der Waals surface area contributed by atoms with E-state index in [9.17, 15) is 4.39 Å². The first-order valence-corrected chi connectivity index (χ1v) is 5.77. The lowest BCUT2D eigenvalue weighted by Crippen LogP contribution is -2.20. The van der Waals surface area contributed by atoms with Gasteiger partial charge in [-0.25, -0.2) is 9.38 Å². The second kappa shape index (κ2) is 4.64. The molecule has 86 valence electrons. The van der Waals surface area contributed by atoms with Crippen molar-refractivity contribution in [2.45, 2.75) is 32.6 Å². The highest BCUT2D eigenvalue weighted by atomic mass is 19.1. The maximum Gasteiger partial charge on any atom is 0.128 e. The lowest BCUT2D eigenvalue weighted by Gasteiger charge is -2.09. The Balaban J connectivity index is 2.24. The average Bonchev–Trinajstić information content (AvgIpc) is 2.78. The smallest absolute Gasteiger partial charge is 0.128 e. The molecule has 0 bridgehead atoms. The Hall–Kier alpha value is -1.38. The Kier molecular flexibility index (Phi) is 3.22. The van der Waals surface area contributed by atoms with Crippen molar-refractivity contribution in [3.8, 4) is 0 Å². The van der Waals surface area contributed by atoms with Crippen molar-refractivity contribution in [1.29, 1.82) is 0 Å². The van der Waals surface area contributed by atoms with Crippen LogP contribution < -0.4 is 5.73 Å². The van der Waals surface area contributed by atoms with E-state index in [0.717, 1.165) is 12.8 Å². The molecular formula is C13H17FN2. The number of rotatable bonds is 2. The number of nitrogens with two attached hydrogens (primary N) is 1. The van der Waals surface area contributed by atoms with Crippen LogP contribution in [0.5, 0.6) is 0 Å². The summed E-state index contributed by atoms with van der Waals surface area (Å²) in [5.41, 5.74) is 7.19. The van der Waals surface area contributed by atoms with Crippen LogP contribution in [0.2, 0.25) is 0 Å². The molecule has 1 aromatic rings. The van der Waals surface area contributed by atoms with E-state index < -0.39 is 0 Å². The molecular weight excluding hydrogens is 203 g/mol. The van der Waals surface area contributed by atoms with Crippen LogP contribution in [-0.2, 0) is 0 Å². The molecule has 2 nitrogen and oxygen atoms in total. The molecule has 1 aliphatic carbocycles. The monoisotopic (exact) mass is 220 g/mol. The minimum absolute atomic E-state index is 0.222. The van der Waals surface area contributed by atoms with Gasteiger partial charge in [0.1, 0.15) is 11.7 Å². The van der Waals surface area contributed by atoms with Gasteiger partial charge in [-0.3, -0.25) is 0 Å². The molecule has 1 saturated carbocycles. The molecule has 0 spiro atoms. The fourth-order valence-electron chi connectivity index (χ4n) is 2.17. The van der Waals surface area contributed by atoms with Gasteiger partial charge in [0, 0.05) is 11.5 Å². The van der Waals surface area contributed by atoms with Gasteiger partial charge in [-0.2, -0.15) is 0 Å². The van der Waals surface area contributed by atoms with Gasteiger partial charge in [0.2, 0.25) is 0 Å². The molecule has 0 aliphatic heterocycles. The van der Waals surface area contributed by atoms with Gasteiger partial charge in [0.05, 0.1) is 5.69 Å². The Bertz CT molecular complexity index is 406. The molecule has 0 atom stereocenters. The molecule has 1 fully saturated rings. The number of aliphatic imine (C=N–C) groups is 1. The third-order valence-electron chi connectivity index (χ3n) is 3.26. The van der Waals surface area contributed by atoms with Gasteiger partial charge in [0.15, 0.2) is 0 Å². The first-order chi connectivity index (χ1) is 7.68. The van der Waals surface area contributed by atoms with E-state index in [4.69, 9.17) is 5.73 Å². The summed E-state index contributed by atoms with van der Waals surface area (Å²) < 4.78 is 13.3. The zero-order valence-corrected chi connectivity index (χ0v) is 9.54. The number of halogens is 1. The second-order valence-corrected chi connectivity index (χ2v) is 4.40. The van der Waals surface area contributed by atoms with Crippen molar-refractivity contribution in [2.24, 2.45) is 16.6 Å². The molecule has 0 aromatic heterocycles. The van der Waals surface area contributed by atoms with E-state index in [0.29, 0.717) is 23.0 Å². The lowest BCUT2D eigenvalue weighted by atomic mass is 10.1. The molecule has 2 N–H and O–H groups in total. The highest BCUT2D eigenvalue weighted by Gasteiger charge is 2.18. The Morgan fingerprint density at radius 1 is 1.38 bits per heavy atom. The summed E-state index contributed by atoms with van der Waals surface area (Å²) in [5, 5.41) is 0. The van der Waals surface area contributed by atoms with E-state index in [-0.39, 0.29) is 5.82 Å². The van der Waals surface area contributed by atoms with Gasteiger partial charge in [-0.15, -0.1) is 0 Å². The summed E-state index contributed by atoms with van der Waals surface area (Å²) in [6.45, 7) is 1.73. The third-order valence-corrected chi connectivity index (χ3v) is 3.26. The predicted octanol–water partition coefficient (Wildman–Crippen LogP) is 3.31. The maximum atomic E-state index is 13.3. The van der Waals surface area contributed by atoms with Crippen LogP contribution in [-0.4, -0.2) is 5.84 Å². The van der Waals surface area contributed by atoms with Crippen molar-refractivity contribution in [3.05, 3.63) is 29.6 Å². The molecule has 0 amide bonds. The van der Waals surface area contributed by atoms with Crippen molar-refractivity contribution < 1.29 is 4.39 Å². The van der Waals surface area contributed by atoms with Crippen molar-refractivity contribution in [3.63, 3.8) is 0 Å². The summed E-state index contributed by atoms with van der Waals surface area (Å²) in [7, 11) is 0. The van der Waals surface area contributed by atoms with Crippen LogP contribution in [0.3, 0.4) is 0 Å². The van der Waals surface area contributed by atoms with Crippen molar-refractivity contribution in [2.75, 3.05) is 0 Å². The molecule has 1 aliphatic rings. The molecule has 1 aromatic carbocycles. The van der Waals surface area contributed by atoms with Gasteiger partial charge in [0.25, 0.3) is 0 Å². The van der Waals surface area contributed by atoms with Crippen molar-refractivity contribution in [1.82, 2.24) is 0 Å². The Morgan fingerprint density at radius 2 is 2.06 bits per heavy atom. The summed E-state index contributed by atoms with van der Waals surface area (Å²) >= 11 is 0. The fraction of sp³-hybridized carbons (Fsp3) is 0.462. The summed E-state index contributed by atoms with van der Waals surface area (Å²) in [6, 6.07) is 4.92. The van der Waals surface area contributed by atoms with Crippen LogP contribution in [0.1, 0.15) is 31.2 Å². The van der Waals surface area contributed by atoms with E-state index in [1.165, 1.54) is 18.9 Å². The number of hydrogen-bond acceptors (Lipinski definition) is 1. The lowest BCUT2D eigenvalue weighted by molar-refractivity contribution is 0.619. The van der Waals surface area contributed by atoms with Crippen molar-refractivity contribution >= 4 is 11.5 Å². The molecule has 2 rings (SSSR count). The fourth-order valence-corrected chi connectivity index (χ4v) is 2.17. The molecule has 0 unspecified atom stereocenters. The Labute approximate surface area is 95.4 Å². The number of benzene rings is 1. The second-order valence-electron chi connectivity index (χ2n) is 4.40. The molecule has 3 heteroatoms. The normalized spacial score (nSPS) is 18.0. The van der Waals surface area contributed by atoms with E-state index in [1.807, 2.05) is 0 Å². The van der Waals surface area contributed by atoms with Crippen LogP contribution in [0.4, 0.5) is 10.1 Å². The largest absolute Gasteiger partial charge is 0.387 e. The Morgan fingerprint density at radius 3 is 2.75 bits per heavy atom. The van der Waals surface area contributed by atoms with Crippen LogP contribution >= 0.6 is 0 Å². The van der Waals surface area contributed by atoms with Gasteiger partial charge in [-0.05, 0) is 31.9 Å². The predicted molar refractivity (Wildman–Crippen MR) is 64.4 cm³/mol. The number of amidine groups is 1. The number of hydrogen-bond donors (Lipinski definition) is 1. The highest BCUT2D eigenvalue weighted by molar-refractivity contribution is 5.85. The van der Waals surface area contributed by atoms with E-state index in [2.05, 4.69) is 4.99 Å². The molecule has 0 heterocycles. The third kappa shape index (κ3) is 2.23. The minimum atomic E-state index is -0.222. The molecule has 16 heavy (non-hydrogen) atoms. The quantitative estimate of drug-likeness (QED) is 0.602. The topological polar surface area (TPSA) is 38.4 Å². The van der Waals surface area contributed by atoms with E-state index >= 15 is 0 Å². The van der Waals surface area contributed by atoms with Crippen LogP contribution in [0.25, 0.3) is 0 Å². The van der Waals surface area contributed by atoms with E-state index in [1.54, 1.807) is 19.1 Å². The molecule has 0 radical (unpaired) electrons. The average molecular weight is 220 g/mol. The first-order valence-electron chi connectivity index (χ1n) is 5.77. The minimum Gasteiger partial charge on any atom is -0.387 e. The van der Waals surface area contributed by atoms with Gasteiger partial charge < -0.3 is 5.73 Å². The number of nitrogens with zero attached hydrogens (tertiary/aromatic N) is 1. The standard InChI is InChI=1S/C13H17FN2/c1-9-11(14)7-4-8-12(9)16-13(15)10-5-2-3-6-10/h4,7-8,10H,2-3,5-6H2,1H3,(H2,15,16). The highest BCUT2D eigenvalue weighted by Crippen LogP contribution is 2.27. The zero-order chi connectivity index (χ0) is 11.5. The first kappa shape index (κ1) is 11.1. The SMILES string of the molecule is Cc1c(F)cccc1N=C(N)C1CCCC1. The maximum absolute atomic E-state index is 13.3. The zero-order valence-electron chi connectivity index (χ0n) is 9.54. The van der Waals surface area contributed by atoms with Crippen LogP contribution in [0.15, 0.2) is 23.2 Å². The summed E-state index contributed by atoms with van der Waals surface area (Å²) in [4.78, 5) is 4.36. The summed E-state index contributed by atoms with van der Waals surface area (Å²) in [5.74, 6) is 0.828. The van der Waals surface area contributed by atoms with Gasteiger partial charge in [-0.1, -0.05) is 18.9 Å².